The third-order valence-electron chi connectivity index (χ3n) is 3.76. The van der Waals surface area contributed by atoms with Gasteiger partial charge in [-0.25, -0.2) is 0 Å². The van der Waals surface area contributed by atoms with Crippen molar-refractivity contribution in [3.05, 3.63) is 71.8 Å². The normalized spacial score (nSPS) is 11.8. The van der Waals surface area contributed by atoms with E-state index in [2.05, 4.69) is 0 Å². The molecule has 1 N–H and O–H groups in total. The average molecular weight is 293 g/mol. The monoisotopic (exact) mass is 293 g/mol. The molecule has 0 saturated heterocycles. The minimum absolute atomic E-state index is 0.130. The number of hydrogen-bond acceptors (Lipinski definition) is 2. The SMILES string of the molecule is N#CC(CC(Cc1ccccc1)Cc1ccccc1)C(=O)O. The Bertz CT molecular complexity index is 590. The van der Waals surface area contributed by atoms with Crippen LogP contribution < -0.4 is 0 Å². The topological polar surface area (TPSA) is 61.1 Å². The second kappa shape index (κ2) is 7.99. The Hall–Kier alpha value is -2.60. The number of carboxylic acids is 1. The van der Waals surface area contributed by atoms with Gasteiger partial charge in [0.15, 0.2) is 0 Å². The molecule has 0 aromatic heterocycles. The van der Waals surface area contributed by atoms with Gasteiger partial charge in [0.2, 0.25) is 0 Å². The number of carbonyl (C=O) groups is 1. The van der Waals surface area contributed by atoms with Gasteiger partial charge in [0.25, 0.3) is 0 Å². The number of benzene rings is 2. The van der Waals surface area contributed by atoms with E-state index in [-0.39, 0.29) is 5.92 Å². The van der Waals surface area contributed by atoms with Gasteiger partial charge in [0.1, 0.15) is 5.92 Å². The van der Waals surface area contributed by atoms with E-state index in [1.54, 1.807) is 0 Å². The minimum atomic E-state index is -1.03. The van der Waals surface area contributed by atoms with Crippen LogP contribution in [0.3, 0.4) is 0 Å². The molecule has 0 fully saturated rings. The summed E-state index contributed by atoms with van der Waals surface area (Å²) in [4.78, 5) is 11.1. The van der Waals surface area contributed by atoms with Crippen molar-refractivity contribution in [1.29, 1.82) is 5.26 Å². The lowest BCUT2D eigenvalue weighted by molar-refractivity contribution is -0.140. The molecule has 0 aliphatic rings. The molecule has 0 amide bonds. The van der Waals surface area contributed by atoms with Crippen molar-refractivity contribution in [2.24, 2.45) is 11.8 Å². The minimum Gasteiger partial charge on any atom is -0.480 e. The van der Waals surface area contributed by atoms with E-state index in [1.807, 2.05) is 66.7 Å². The number of rotatable bonds is 7. The maximum atomic E-state index is 11.1. The summed E-state index contributed by atoms with van der Waals surface area (Å²) in [5.74, 6) is -1.85. The predicted octanol–water partition coefficient (Wildman–Crippen LogP) is 3.70. The summed E-state index contributed by atoms with van der Waals surface area (Å²) >= 11 is 0. The van der Waals surface area contributed by atoms with E-state index in [0.717, 1.165) is 12.8 Å². The molecule has 2 aromatic carbocycles. The first-order chi connectivity index (χ1) is 10.7. The number of hydrogen-bond donors (Lipinski definition) is 1. The lowest BCUT2D eigenvalue weighted by atomic mass is 9.85. The molecule has 112 valence electrons. The molecular formula is C19H19NO2. The van der Waals surface area contributed by atoms with Gasteiger partial charge in [0.05, 0.1) is 6.07 Å². The largest absolute Gasteiger partial charge is 0.480 e. The van der Waals surface area contributed by atoms with Gasteiger partial charge >= 0.3 is 5.97 Å². The molecule has 0 bridgehead atoms. The zero-order chi connectivity index (χ0) is 15.8. The third kappa shape index (κ3) is 4.75. The van der Waals surface area contributed by atoms with Crippen LogP contribution in [0.2, 0.25) is 0 Å². The highest BCUT2D eigenvalue weighted by atomic mass is 16.4. The first kappa shape index (κ1) is 15.8. The van der Waals surface area contributed by atoms with Crippen LogP contribution in [0.15, 0.2) is 60.7 Å². The smallest absolute Gasteiger partial charge is 0.320 e. The number of aliphatic carboxylic acids is 1. The van der Waals surface area contributed by atoms with Gasteiger partial charge in [0, 0.05) is 0 Å². The van der Waals surface area contributed by atoms with Crippen molar-refractivity contribution in [2.45, 2.75) is 19.3 Å². The fraction of sp³-hybridized carbons (Fsp3) is 0.263. The predicted molar refractivity (Wildman–Crippen MR) is 85.1 cm³/mol. The van der Waals surface area contributed by atoms with Gasteiger partial charge in [-0.05, 0) is 36.3 Å². The van der Waals surface area contributed by atoms with Gasteiger partial charge in [-0.2, -0.15) is 5.26 Å². The van der Waals surface area contributed by atoms with Crippen LogP contribution in [0.4, 0.5) is 0 Å². The molecule has 0 aliphatic heterocycles. The zero-order valence-electron chi connectivity index (χ0n) is 12.4. The molecule has 0 radical (unpaired) electrons. The molecule has 0 aliphatic carbocycles. The van der Waals surface area contributed by atoms with E-state index < -0.39 is 11.9 Å². The van der Waals surface area contributed by atoms with Crippen LogP contribution in [-0.2, 0) is 17.6 Å². The van der Waals surface area contributed by atoms with Crippen molar-refractivity contribution < 1.29 is 9.90 Å². The van der Waals surface area contributed by atoms with Crippen molar-refractivity contribution in [3.8, 4) is 6.07 Å². The van der Waals surface area contributed by atoms with Crippen LogP contribution in [0.25, 0.3) is 0 Å². The van der Waals surface area contributed by atoms with Gasteiger partial charge in [-0.3, -0.25) is 4.79 Å². The van der Waals surface area contributed by atoms with Gasteiger partial charge in [-0.1, -0.05) is 60.7 Å². The van der Waals surface area contributed by atoms with Crippen molar-refractivity contribution in [2.75, 3.05) is 0 Å². The van der Waals surface area contributed by atoms with Crippen molar-refractivity contribution in [1.82, 2.24) is 0 Å². The molecular weight excluding hydrogens is 274 g/mol. The van der Waals surface area contributed by atoms with Crippen LogP contribution in [-0.4, -0.2) is 11.1 Å². The molecule has 0 spiro atoms. The second-order valence-corrected chi connectivity index (χ2v) is 5.50. The highest BCUT2D eigenvalue weighted by Crippen LogP contribution is 2.22. The summed E-state index contributed by atoms with van der Waals surface area (Å²) in [7, 11) is 0. The third-order valence-corrected chi connectivity index (χ3v) is 3.76. The summed E-state index contributed by atoms with van der Waals surface area (Å²) < 4.78 is 0. The molecule has 2 rings (SSSR count). The maximum absolute atomic E-state index is 11.1. The fourth-order valence-electron chi connectivity index (χ4n) is 2.68. The molecule has 3 heteroatoms. The molecule has 22 heavy (non-hydrogen) atoms. The van der Waals surface area contributed by atoms with E-state index in [1.165, 1.54) is 11.1 Å². The summed E-state index contributed by atoms with van der Waals surface area (Å²) in [6.07, 6.45) is 1.93. The summed E-state index contributed by atoms with van der Waals surface area (Å²) in [6.45, 7) is 0. The second-order valence-electron chi connectivity index (χ2n) is 5.50. The quantitative estimate of drug-likeness (QED) is 0.846. The molecule has 0 heterocycles. The molecule has 1 atom stereocenters. The van der Waals surface area contributed by atoms with Crippen LogP contribution >= 0.6 is 0 Å². The lowest BCUT2D eigenvalue weighted by Crippen LogP contribution is -2.19. The molecule has 3 nitrogen and oxygen atoms in total. The zero-order valence-corrected chi connectivity index (χ0v) is 12.4. The fourth-order valence-corrected chi connectivity index (χ4v) is 2.68. The highest BCUT2D eigenvalue weighted by Gasteiger charge is 2.22. The Labute approximate surface area is 130 Å². The average Bonchev–Trinajstić information content (AvgIpc) is 2.54. The Balaban J connectivity index is 2.13. The van der Waals surface area contributed by atoms with Crippen molar-refractivity contribution in [3.63, 3.8) is 0 Å². The van der Waals surface area contributed by atoms with E-state index >= 15 is 0 Å². The number of nitriles is 1. The number of carboxylic acid groups (broad SMARTS) is 1. The van der Waals surface area contributed by atoms with Crippen LogP contribution in [0.1, 0.15) is 17.5 Å². The Morgan fingerprint density at radius 1 is 0.955 bits per heavy atom. The van der Waals surface area contributed by atoms with Gasteiger partial charge < -0.3 is 5.11 Å². The first-order valence-electron chi connectivity index (χ1n) is 7.39. The Morgan fingerprint density at radius 2 is 1.41 bits per heavy atom. The molecule has 1 unspecified atom stereocenters. The molecule has 0 saturated carbocycles. The number of nitrogens with zero attached hydrogens (tertiary/aromatic N) is 1. The summed E-state index contributed by atoms with van der Waals surface area (Å²) in [5.41, 5.74) is 2.34. The van der Waals surface area contributed by atoms with Crippen LogP contribution in [0, 0.1) is 23.2 Å². The maximum Gasteiger partial charge on any atom is 0.320 e. The standard InChI is InChI=1S/C19H19NO2/c20-14-18(19(21)22)13-17(11-15-7-3-1-4-8-15)12-16-9-5-2-6-10-16/h1-10,17-18H,11-13H2,(H,21,22). The lowest BCUT2D eigenvalue weighted by Gasteiger charge is -2.18. The first-order valence-corrected chi connectivity index (χ1v) is 7.39. The molecule has 2 aromatic rings. The summed E-state index contributed by atoms with van der Waals surface area (Å²) in [5, 5.41) is 18.2. The summed E-state index contributed by atoms with van der Waals surface area (Å²) in [6, 6.07) is 21.9. The van der Waals surface area contributed by atoms with Gasteiger partial charge in [-0.15, -0.1) is 0 Å². The Kier molecular flexibility index (Phi) is 5.73. The highest BCUT2D eigenvalue weighted by molar-refractivity contribution is 5.72. The van der Waals surface area contributed by atoms with E-state index in [4.69, 9.17) is 10.4 Å². The van der Waals surface area contributed by atoms with E-state index in [9.17, 15) is 4.79 Å². The van der Waals surface area contributed by atoms with Crippen LogP contribution in [0.5, 0.6) is 0 Å². The van der Waals surface area contributed by atoms with Crippen molar-refractivity contribution >= 4 is 5.97 Å². The van der Waals surface area contributed by atoms with E-state index in [0.29, 0.717) is 6.42 Å². The Morgan fingerprint density at radius 3 is 1.77 bits per heavy atom.